The van der Waals surface area contributed by atoms with Crippen molar-refractivity contribution in [2.45, 2.75) is 26.4 Å². The molecule has 0 aliphatic carbocycles. The van der Waals surface area contributed by atoms with Crippen molar-refractivity contribution in [2.24, 2.45) is 5.92 Å². The molecule has 24 heavy (non-hydrogen) atoms. The van der Waals surface area contributed by atoms with Gasteiger partial charge in [-0.25, -0.2) is 0 Å². The number of ether oxygens (including phenoxy) is 3. The maximum Gasteiger partial charge on any atom is 0.161 e. The minimum atomic E-state index is 0.00634. The quantitative estimate of drug-likeness (QED) is 0.717. The summed E-state index contributed by atoms with van der Waals surface area (Å²) in [5.41, 5.74) is 1.10. The van der Waals surface area contributed by atoms with Crippen molar-refractivity contribution in [3.8, 4) is 11.5 Å². The van der Waals surface area contributed by atoms with Gasteiger partial charge in [-0.3, -0.25) is 0 Å². The van der Waals surface area contributed by atoms with E-state index in [9.17, 15) is 0 Å². The van der Waals surface area contributed by atoms with Crippen molar-refractivity contribution in [1.29, 1.82) is 0 Å². The zero-order chi connectivity index (χ0) is 17.4. The predicted molar refractivity (Wildman–Crippen MR) is 93.5 cm³/mol. The molecule has 0 amide bonds. The average molecular weight is 333 g/mol. The summed E-state index contributed by atoms with van der Waals surface area (Å²) < 4.78 is 21.9. The van der Waals surface area contributed by atoms with Crippen molar-refractivity contribution < 1.29 is 18.6 Å². The normalized spacial score (nSPS) is 12.4. The van der Waals surface area contributed by atoms with E-state index in [-0.39, 0.29) is 6.04 Å². The zero-order valence-electron chi connectivity index (χ0n) is 14.9. The van der Waals surface area contributed by atoms with E-state index >= 15 is 0 Å². The average Bonchev–Trinajstić information content (AvgIpc) is 3.11. The van der Waals surface area contributed by atoms with Crippen LogP contribution in [-0.4, -0.2) is 27.4 Å². The van der Waals surface area contributed by atoms with Gasteiger partial charge in [0.15, 0.2) is 11.5 Å². The van der Waals surface area contributed by atoms with Gasteiger partial charge in [-0.05, 0) is 35.7 Å². The van der Waals surface area contributed by atoms with Crippen LogP contribution in [0.4, 0.5) is 0 Å². The third-order valence-electron chi connectivity index (χ3n) is 3.62. The van der Waals surface area contributed by atoms with E-state index in [1.807, 2.05) is 30.3 Å². The lowest BCUT2D eigenvalue weighted by molar-refractivity contribution is 0.0844. The fourth-order valence-electron chi connectivity index (χ4n) is 2.38. The van der Waals surface area contributed by atoms with Gasteiger partial charge >= 0.3 is 0 Å². The van der Waals surface area contributed by atoms with Crippen LogP contribution in [0, 0.1) is 5.92 Å². The summed E-state index contributed by atoms with van der Waals surface area (Å²) >= 11 is 0. The molecule has 0 radical (unpaired) electrons. The Morgan fingerprint density at radius 2 is 1.83 bits per heavy atom. The Morgan fingerprint density at radius 3 is 2.46 bits per heavy atom. The van der Waals surface area contributed by atoms with Gasteiger partial charge in [-0.15, -0.1) is 0 Å². The lowest BCUT2D eigenvalue weighted by Crippen LogP contribution is -2.25. The standard InChI is InChI=1S/C19H27NO4/c1-14(2)12-23-13-16(17-6-5-9-24-17)20-11-15-7-8-18(21-3)19(10-15)22-4/h5-10,14,16,20H,11-13H2,1-4H3. The van der Waals surface area contributed by atoms with Crippen LogP contribution in [0.15, 0.2) is 41.0 Å². The van der Waals surface area contributed by atoms with Gasteiger partial charge in [0.05, 0.1) is 33.1 Å². The van der Waals surface area contributed by atoms with Crippen molar-refractivity contribution in [2.75, 3.05) is 27.4 Å². The molecule has 0 spiro atoms. The van der Waals surface area contributed by atoms with Crippen LogP contribution in [0.3, 0.4) is 0 Å². The van der Waals surface area contributed by atoms with Crippen LogP contribution in [0.5, 0.6) is 11.5 Å². The van der Waals surface area contributed by atoms with E-state index in [1.165, 1.54) is 0 Å². The highest BCUT2D eigenvalue weighted by Crippen LogP contribution is 2.27. The minimum absolute atomic E-state index is 0.00634. The largest absolute Gasteiger partial charge is 0.493 e. The summed E-state index contributed by atoms with van der Waals surface area (Å²) in [6, 6.07) is 9.76. The molecule has 1 unspecified atom stereocenters. The van der Waals surface area contributed by atoms with Gasteiger partial charge in [0, 0.05) is 13.2 Å². The third kappa shape index (κ3) is 5.28. The molecule has 1 aromatic carbocycles. The third-order valence-corrected chi connectivity index (χ3v) is 3.62. The van der Waals surface area contributed by atoms with E-state index < -0.39 is 0 Å². The van der Waals surface area contributed by atoms with Crippen LogP contribution in [0.2, 0.25) is 0 Å². The predicted octanol–water partition coefficient (Wildman–Crippen LogP) is 3.80. The summed E-state index contributed by atoms with van der Waals surface area (Å²) in [4.78, 5) is 0. The van der Waals surface area contributed by atoms with Crippen LogP contribution < -0.4 is 14.8 Å². The molecule has 1 atom stereocenters. The van der Waals surface area contributed by atoms with Crippen LogP contribution in [0.1, 0.15) is 31.2 Å². The summed E-state index contributed by atoms with van der Waals surface area (Å²) in [5, 5.41) is 3.49. The lowest BCUT2D eigenvalue weighted by Gasteiger charge is -2.18. The number of methoxy groups -OCH3 is 2. The Hall–Kier alpha value is -1.98. The summed E-state index contributed by atoms with van der Waals surface area (Å²) in [7, 11) is 3.27. The Morgan fingerprint density at radius 1 is 1.04 bits per heavy atom. The highest BCUT2D eigenvalue weighted by Gasteiger charge is 2.15. The fourth-order valence-corrected chi connectivity index (χ4v) is 2.38. The zero-order valence-corrected chi connectivity index (χ0v) is 14.9. The van der Waals surface area contributed by atoms with Gasteiger partial charge in [-0.1, -0.05) is 19.9 Å². The van der Waals surface area contributed by atoms with Crippen molar-refractivity contribution in [3.63, 3.8) is 0 Å². The van der Waals surface area contributed by atoms with Crippen LogP contribution in [-0.2, 0) is 11.3 Å². The van der Waals surface area contributed by atoms with Gasteiger partial charge in [0.25, 0.3) is 0 Å². The number of nitrogens with one attached hydrogen (secondary N) is 1. The van der Waals surface area contributed by atoms with E-state index in [4.69, 9.17) is 18.6 Å². The van der Waals surface area contributed by atoms with Gasteiger partial charge < -0.3 is 23.9 Å². The number of hydrogen-bond acceptors (Lipinski definition) is 5. The molecule has 5 heteroatoms. The minimum Gasteiger partial charge on any atom is -0.493 e. The molecule has 0 fully saturated rings. The molecule has 2 rings (SSSR count). The highest BCUT2D eigenvalue weighted by molar-refractivity contribution is 5.42. The summed E-state index contributed by atoms with van der Waals surface area (Å²) in [6.45, 7) is 6.25. The molecule has 0 saturated carbocycles. The van der Waals surface area contributed by atoms with E-state index in [0.29, 0.717) is 19.1 Å². The van der Waals surface area contributed by atoms with Gasteiger partial charge in [0.2, 0.25) is 0 Å². The summed E-state index contributed by atoms with van der Waals surface area (Å²) in [6.07, 6.45) is 1.68. The molecular formula is C19H27NO4. The monoisotopic (exact) mass is 333 g/mol. The lowest BCUT2D eigenvalue weighted by atomic mass is 10.1. The van der Waals surface area contributed by atoms with Gasteiger partial charge in [-0.2, -0.15) is 0 Å². The Labute approximate surface area is 143 Å². The summed E-state index contributed by atoms with van der Waals surface area (Å²) in [5.74, 6) is 2.83. The Kier molecular flexibility index (Phi) is 7.15. The van der Waals surface area contributed by atoms with Crippen molar-refractivity contribution in [1.82, 2.24) is 5.32 Å². The molecule has 0 saturated heterocycles. The molecule has 1 N–H and O–H groups in total. The topological polar surface area (TPSA) is 52.9 Å². The molecular weight excluding hydrogens is 306 g/mol. The first kappa shape index (κ1) is 18.4. The van der Waals surface area contributed by atoms with Crippen molar-refractivity contribution in [3.05, 3.63) is 47.9 Å². The van der Waals surface area contributed by atoms with E-state index in [1.54, 1.807) is 20.5 Å². The number of rotatable bonds is 10. The molecule has 132 valence electrons. The highest BCUT2D eigenvalue weighted by atomic mass is 16.5. The molecule has 0 bridgehead atoms. The fraction of sp³-hybridized carbons (Fsp3) is 0.474. The Balaban J connectivity index is 1.99. The number of furan rings is 1. The first-order chi connectivity index (χ1) is 11.6. The second kappa shape index (κ2) is 9.35. The molecule has 0 aliphatic heterocycles. The molecule has 0 aliphatic rings. The first-order valence-corrected chi connectivity index (χ1v) is 8.19. The second-order valence-electron chi connectivity index (χ2n) is 6.07. The maximum atomic E-state index is 5.78. The molecule has 1 aromatic heterocycles. The molecule has 5 nitrogen and oxygen atoms in total. The molecule has 2 aromatic rings. The second-order valence-corrected chi connectivity index (χ2v) is 6.07. The SMILES string of the molecule is COc1ccc(CNC(COCC(C)C)c2ccco2)cc1OC. The number of benzene rings is 1. The first-order valence-electron chi connectivity index (χ1n) is 8.19. The van der Waals surface area contributed by atoms with Crippen LogP contribution in [0.25, 0.3) is 0 Å². The van der Waals surface area contributed by atoms with E-state index in [0.717, 1.165) is 29.4 Å². The maximum absolute atomic E-state index is 5.78. The van der Waals surface area contributed by atoms with Crippen molar-refractivity contribution >= 4 is 0 Å². The number of hydrogen-bond donors (Lipinski definition) is 1. The van der Waals surface area contributed by atoms with E-state index in [2.05, 4.69) is 19.2 Å². The van der Waals surface area contributed by atoms with Gasteiger partial charge in [0.1, 0.15) is 5.76 Å². The molecule has 1 heterocycles. The van der Waals surface area contributed by atoms with Crippen LogP contribution >= 0.6 is 0 Å². The Bertz CT molecular complexity index is 595. The smallest absolute Gasteiger partial charge is 0.161 e.